The molecule has 1 atom stereocenters. The van der Waals surface area contributed by atoms with Crippen LogP contribution in [0.15, 0.2) is 18.2 Å². The zero-order valence-electron chi connectivity index (χ0n) is 12.0. The smallest absolute Gasteiger partial charge is 0.321 e. The molecule has 1 heterocycles. The van der Waals surface area contributed by atoms with Gasteiger partial charge in [-0.3, -0.25) is 0 Å². The Morgan fingerprint density at radius 2 is 2.05 bits per heavy atom. The van der Waals surface area contributed by atoms with Crippen LogP contribution in [0.3, 0.4) is 0 Å². The standard InChI is InChI=1S/C14H20N2O3S/c1-10-4-5-11(2)13(8-10)15-14(17)16(3)12-6-7-20(18,19)9-12/h4-5,8,12H,6-7,9H2,1-3H3,(H,15,17). The van der Waals surface area contributed by atoms with E-state index in [2.05, 4.69) is 5.32 Å². The molecule has 0 aromatic heterocycles. The third-order valence-electron chi connectivity index (χ3n) is 3.71. The van der Waals surface area contributed by atoms with Gasteiger partial charge in [-0.05, 0) is 37.5 Å². The molecular formula is C14H20N2O3S. The van der Waals surface area contributed by atoms with Gasteiger partial charge >= 0.3 is 6.03 Å². The van der Waals surface area contributed by atoms with Crippen molar-refractivity contribution in [1.29, 1.82) is 0 Å². The Hall–Kier alpha value is -1.56. The molecule has 0 saturated carbocycles. The summed E-state index contributed by atoms with van der Waals surface area (Å²) in [4.78, 5) is 13.7. The first-order chi connectivity index (χ1) is 9.28. The first kappa shape index (κ1) is 14.8. The molecule has 1 aromatic rings. The maximum absolute atomic E-state index is 12.2. The molecule has 110 valence electrons. The molecule has 20 heavy (non-hydrogen) atoms. The highest BCUT2D eigenvalue weighted by Gasteiger charge is 2.32. The maximum atomic E-state index is 12.2. The summed E-state index contributed by atoms with van der Waals surface area (Å²) in [7, 11) is -1.34. The maximum Gasteiger partial charge on any atom is 0.321 e. The van der Waals surface area contributed by atoms with E-state index >= 15 is 0 Å². The van der Waals surface area contributed by atoms with Crippen molar-refractivity contribution in [3.63, 3.8) is 0 Å². The number of aryl methyl sites for hydroxylation is 2. The van der Waals surface area contributed by atoms with Crippen LogP contribution in [0.4, 0.5) is 10.5 Å². The van der Waals surface area contributed by atoms with Gasteiger partial charge in [0, 0.05) is 18.8 Å². The van der Waals surface area contributed by atoms with Gasteiger partial charge in [-0.25, -0.2) is 13.2 Å². The lowest BCUT2D eigenvalue weighted by molar-refractivity contribution is 0.209. The number of anilines is 1. The van der Waals surface area contributed by atoms with Gasteiger partial charge < -0.3 is 10.2 Å². The van der Waals surface area contributed by atoms with Crippen molar-refractivity contribution >= 4 is 21.6 Å². The van der Waals surface area contributed by atoms with Crippen LogP contribution in [0.1, 0.15) is 17.5 Å². The summed E-state index contributed by atoms with van der Waals surface area (Å²) >= 11 is 0. The van der Waals surface area contributed by atoms with E-state index in [1.54, 1.807) is 7.05 Å². The Bertz CT molecular complexity index is 625. The Morgan fingerprint density at radius 3 is 2.65 bits per heavy atom. The summed E-state index contributed by atoms with van der Waals surface area (Å²) in [6, 6.07) is 5.35. The molecule has 1 fully saturated rings. The van der Waals surface area contributed by atoms with Crippen LogP contribution < -0.4 is 5.32 Å². The van der Waals surface area contributed by atoms with Gasteiger partial charge in [0.05, 0.1) is 11.5 Å². The van der Waals surface area contributed by atoms with Crippen molar-refractivity contribution in [3.8, 4) is 0 Å². The largest absolute Gasteiger partial charge is 0.324 e. The van der Waals surface area contributed by atoms with E-state index in [0.717, 1.165) is 16.8 Å². The first-order valence-electron chi connectivity index (χ1n) is 6.60. The molecule has 2 rings (SSSR count). The zero-order valence-corrected chi connectivity index (χ0v) is 12.8. The van der Waals surface area contributed by atoms with E-state index in [1.807, 2.05) is 32.0 Å². The number of hydrogen-bond acceptors (Lipinski definition) is 3. The number of carbonyl (C=O) groups excluding carboxylic acids is 1. The minimum Gasteiger partial charge on any atom is -0.324 e. The minimum absolute atomic E-state index is 0.0592. The fourth-order valence-electron chi connectivity index (χ4n) is 2.32. The highest BCUT2D eigenvalue weighted by atomic mass is 32.2. The summed E-state index contributed by atoms with van der Waals surface area (Å²) in [6.45, 7) is 3.89. The number of sulfone groups is 1. The van der Waals surface area contributed by atoms with E-state index in [4.69, 9.17) is 0 Å². The van der Waals surface area contributed by atoms with Crippen LogP contribution in [0, 0.1) is 13.8 Å². The average Bonchev–Trinajstić information content (AvgIpc) is 2.73. The first-order valence-corrected chi connectivity index (χ1v) is 8.42. The predicted molar refractivity (Wildman–Crippen MR) is 79.8 cm³/mol. The molecule has 0 radical (unpaired) electrons. The number of urea groups is 1. The van der Waals surface area contributed by atoms with Crippen molar-refractivity contribution < 1.29 is 13.2 Å². The van der Waals surface area contributed by atoms with Crippen LogP contribution in [-0.2, 0) is 9.84 Å². The van der Waals surface area contributed by atoms with Gasteiger partial charge in [-0.1, -0.05) is 12.1 Å². The molecule has 0 spiro atoms. The topological polar surface area (TPSA) is 66.5 Å². The summed E-state index contributed by atoms with van der Waals surface area (Å²) < 4.78 is 22.9. The minimum atomic E-state index is -2.98. The van der Waals surface area contributed by atoms with Crippen LogP contribution >= 0.6 is 0 Å². The number of nitrogens with zero attached hydrogens (tertiary/aromatic N) is 1. The van der Waals surface area contributed by atoms with E-state index in [1.165, 1.54) is 4.90 Å². The molecule has 1 aliphatic heterocycles. The van der Waals surface area contributed by atoms with Crippen LogP contribution in [-0.4, -0.2) is 43.9 Å². The van der Waals surface area contributed by atoms with Gasteiger partial charge in [-0.2, -0.15) is 0 Å². The molecule has 5 nitrogen and oxygen atoms in total. The Balaban J connectivity index is 2.06. The third-order valence-corrected chi connectivity index (χ3v) is 5.46. The molecule has 1 aromatic carbocycles. The predicted octanol–water partition coefficient (Wildman–Crippen LogP) is 1.95. The molecular weight excluding hydrogens is 276 g/mol. The summed E-state index contributed by atoms with van der Waals surface area (Å²) in [5.41, 5.74) is 2.82. The van der Waals surface area contributed by atoms with E-state index in [9.17, 15) is 13.2 Å². The lowest BCUT2D eigenvalue weighted by atomic mass is 10.1. The van der Waals surface area contributed by atoms with Gasteiger partial charge in [0.15, 0.2) is 9.84 Å². The average molecular weight is 296 g/mol. The number of hydrogen-bond donors (Lipinski definition) is 1. The van der Waals surface area contributed by atoms with Crippen LogP contribution in [0.25, 0.3) is 0 Å². The number of amides is 2. The zero-order chi connectivity index (χ0) is 14.9. The van der Waals surface area contributed by atoms with Crippen molar-refractivity contribution in [1.82, 2.24) is 4.90 Å². The van der Waals surface area contributed by atoms with Crippen molar-refractivity contribution in [2.45, 2.75) is 26.3 Å². The molecule has 1 aliphatic rings. The van der Waals surface area contributed by atoms with Gasteiger partial charge in [0.2, 0.25) is 0 Å². The Labute approximate surface area is 119 Å². The Morgan fingerprint density at radius 1 is 1.35 bits per heavy atom. The molecule has 0 aliphatic carbocycles. The van der Waals surface area contributed by atoms with Crippen molar-refractivity contribution in [2.75, 3.05) is 23.9 Å². The molecule has 6 heteroatoms. The fraction of sp³-hybridized carbons (Fsp3) is 0.500. The Kier molecular flexibility index (Phi) is 4.04. The summed E-state index contributed by atoms with van der Waals surface area (Å²) in [5.74, 6) is 0.225. The van der Waals surface area contributed by atoms with Crippen LogP contribution in [0.5, 0.6) is 0 Å². The molecule has 1 unspecified atom stereocenters. The number of benzene rings is 1. The van der Waals surface area contributed by atoms with Crippen LogP contribution in [0.2, 0.25) is 0 Å². The lowest BCUT2D eigenvalue weighted by Crippen LogP contribution is -2.40. The second-order valence-electron chi connectivity index (χ2n) is 5.42. The molecule has 1 saturated heterocycles. The fourth-order valence-corrected chi connectivity index (χ4v) is 4.09. The van der Waals surface area contributed by atoms with E-state index < -0.39 is 9.84 Å². The number of rotatable bonds is 2. The second kappa shape index (κ2) is 5.44. The molecule has 2 amide bonds. The van der Waals surface area contributed by atoms with Crippen molar-refractivity contribution in [3.05, 3.63) is 29.3 Å². The highest BCUT2D eigenvalue weighted by Crippen LogP contribution is 2.20. The second-order valence-corrected chi connectivity index (χ2v) is 7.65. The summed E-state index contributed by atoms with van der Waals surface area (Å²) in [6.07, 6.45) is 0.513. The third kappa shape index (κ3) is 3.30. The normalized spacial score (nSPS) is 20.6. The number of nitrogens with one attached hydrogen (secondary N) is 1. The van der Waals surface area contributed by atoms with Gasteiger partial charge in [0.1, 0.15) is 0 Å². The lowest BCUT2D eigenvalue weighted by Gasteiger charge is -2.24. The number of carbonyl (C=O) groups is 1. The van der Waals surface area contributed by atoms with Crippen molar-refractivity contribution in [2.24, 2.45) is 0 Å². The van der Waals surface area contributed by atoms with E-state index in [-0.39, 0.29) is 23.6 Å². The molecule has 0 bridgehead atoms. The highest BCUT2D eigenvalue weighted by molar-refractivity contribution is 7.91. The van der Waals surface area contributed by atoms with E-state index in [0.29, 0.717) is 6.42 Å². The SMILES string of the molecule is Cc1ccc(C)c(NC(=O)N(C)C2CCS(=O)(=O)C2)c1. The monoisotopic (exact) mass is 296 g/mol. The van der Waals surface area contributed by atoms with Gasteiger partial charge in [-0.15, -0.1) is 0 Å². The quantitative estimate of drug-likeness (QED) is 0.907. The summed E-state index contributed by atoms with van der Waals surface area (Å²) in [5, 5.41) is 2.85. The molecule has 1 N–H and O–H groups in total. The van der Waals surface area contributed by atoms with Gasteiger partial charge in [0.25, 0.3) is 0 Å².